The van der Waals surface area contributed by atoms with Crippen LogP contribution in [0.4, 0.5) is 0 Å². The van der Waals surface area contributed by atoms with E-state index in [1.165, 1.54) is 11.3 Å². The molecule has 1 N–H and O–H groups in total. The average molecular weight is 296 g/mol. The Labute approximate surface area is 120 Å². The van der Waals surface area contributed by atoms with Crippen LogP contribution in [-0.4, -0.2) is 17.7 Å². The molecule has 3 nitrogen and oxygen atoms in total. The molecule has 0 unspecified atom stereocenters. The van der Waals surface area contributed by atoms with E-state index in [-0.39, 0.29) is 12.3 Å². The third kappa shape index (κ3) is 3.14. The van der Waals surface area contributed by atoms with Gasteiger partial charge in [0.25, 0.3) is 5.24 Å². The minimum absolute atomic E-state index is 0.0791. The van der Waals surface area contributed by atoms with Crippen molar-refractivity contribution in [1.29, 1.82) is 0 Å². The van der Waals surface area contributed by atoms with Crippen LogP contribution >= 0.6 is 22.9 Å². The van der Waals surface area contributed by atoms with E-state index >= 15 is 0 Å². The molecule has 0 bridgehead atoms. The molecule has 2 rings (SSSR count). The quantitative estimate of drug-likeness (QED) is 0.860. The summed E-state index contributed by atoms with van der Waals surface area (Å²) in [5.74, 6) is -0.0791. The molecule has 0 saturated heterocycles. The number of benzene rings is 1. The fraction of sp³-hybridized carbons (Fsp3) is 0.286. The lowest BCUT2D eigenvalue weighted by atomic mass is 10.1. The molecule has 5 heteroatoms. The SMILES string of the molecule is CCCNC(=O)Cc1c(C(=O)Cl)sc2ccccc12. The maximum Gasteiger partial charge on any atom is 0.262 e. The second-order valence-electron chi connectivity index (χ2n) is 4.21. The van der Waals surface area contributed by atoms with Crippen molar-refractivity contribution in [3.05, 3.63) is 34.7 Å². The van der Waals surface area contributed by atoms with Crippen molar-refractivity contribution in [3.8, 4) is 0 Å². The number of carbonyl (C=O) groups is 2. The fourth-order valence-electron chi connectivity index (χ4n) is 1.92. The van der Waals surface area contributed by atoms with Crippen molar-refractivity contribution in [2.24, 2.45) is 0 Å². The molecule has 0 aliphatic heterocycles. The van der Waals surface area contributed by atoms with Crippen LogP contribution in [0.2, 0.25) is 0 Å². The minimum atomic E-state index is -0.500. The van der Waals surface area contributed by atoms with Gasteiger partial charge in [0.1, 0.15) is 0 Å². The lowest BCUT2D eigenvalue weighted by Crippen LogP contribution is -2.26. The number of hydrogen-bond donors (Lipinski definition) is 1. The van der Waals surface area contributed by atoms with Crippen molar-refractivity contribution in [1.82, 2.24) is 5.32 Å². The van der Waals surface area contributed by atoms with Gasteiger partial charge in [-0.3, -0.25) is 9.59 Å². The molecule has 1 heterocycles. The van der Waals surface area contributed by atoms with Crippen LogP contribution in [0.15, 0.2) is 24.3 Å². The summed E-state index contributed by atoms with van der Waals surface area (Å²) in [7, 11) is 0. The number of carbonyl (C=O) groups excluding carboxylic acids is 2. The van der Waals surface area contributed by atoms with Crippen LogP contribution in [0.3, 0.4) is 0 Å². The number of fused-ring (bicyclic) bond motifs is 1. The second kappa shape index (κ2) is 6.17. The van der Waals surface area contributed by atoms with E-state index in [1.54, 1.807) is 0 Å². The molecule has 0 radical (unpaired) electrons. The van der Waals surface area contributed by atoms with E-state index in [2.05, 4.69) is 5.32 Å². The maximum atomic E-state index is 11.8. The number of thiophene rings is 1. The van der Waals surface area contributed by atoms with Gasteiger partial charge in [-0.1, -0.05) is 25.1 Å². The number of hydrogen-bond acceptors (Lipinski definition) is 3. The Morgan fingerprint density at radius 2 is 2.05 bits per heavy atom. The van der Waals surface area contributed by atoms with Gasteiger partial charge in [-0.2, -0.15) is 0 Å². The van der Waals surface area contributed by atoms with E-state index in [4.69, 9.17) is 11.6 Å². The smallest absolute Gasteiger partial charge is 0.262 e. The first-order chi connectivity index (χ1) is 9.13. The zero-order chi connectivity index (χ0) is 13.8. The molecular formula is C14H14ClNO2S. The van der Waals surface area contributed by atoms with Gasteiger partial charge in [0.2, 0.25) is 5.91 Å². The van der Waals surface area contributed by atoms with Gasteiger partial charge in [0.15, 0.2) is 0 Å². The first-order valence-electron chi connectivity index (χ1n) is 6.10. The van der Waals surface area contributed by atoms with Gasteiger partial charge < -0.3 is 5.32 Å². The van der Waals surface area contributed by atoms with Gasteiger partial charge >= 0.3 is 0 Å². The lowest BCUT2D eigenvalue weighted by molar-refractivity contribution is -0.120. The molecule has 0 aliphatic rings. The molecule has 0 spiro atoms. The van der Waals surface area contributed by atoms with Gasteiger partial charge in [0.05, 0.1) is 11.3 Å². The molecule has 0 aliphatic carbocycles. The fourth-order valence-corrected chi connectivity index (χ4v) is 3.20. The first-order valence-corrected chi connectivity index (χ1v) is 7.30. The Hall–Kier alpha value is -1.39. The van der Waals surface area contributed by atoms with E-state index in [0.29, 0.717) is 11.4 Å². The van der Waals surface area contributed by atoms with Crippen molar-refractivity contribution in [3.63, 3.8) is 0 Å². The predicted molar refractivity (Wildman–Crippen MR) is 79.0 cm³/mol. The summed E-state index contributed by atoms with van der Waals surface area (Å²) < 4.78 is 0.977. The molecule has 0 fully saturated rings. The minimum Gasteiger partial charge on any atom is -0.356 e. The van der Waals surface area contributed by atoms with Crippen LogP contribution < -0.4 is 5.32 Å². The third-order valence-electron chi connectivity index (χ3n) is 2.79. The Kier molecular flexibility index (Phi) is 4.56. The summed E-state index contributed by atoms with van der Waals surface area (Å²) >= 11 is 6.94. The topological polar surface area (TPSA) is 46.2 Å². The summed E-state index contributed by atoms with van der Waals surface area (Å²) in [6, 6.07) is 7.64. The van der Waals surface area contributed by atoms with E-state index in [1.807, 2.05) is 31.2 Å². The van der Waals surface area contributed by atoms with Crippen molar-refractivity contribution in [2.45, 2.75) is 19.8 Å². The van der Waals surface area contributed by atoms with E-state index in [0.717, 1.165) is 22.1 Å². The zero-order valence-electron chi connectivity index (χ0n) is 10.5. The van der Waals surface area contributed by atoms with Gasteiger partial charge in [-0.05, 0) is 35.0 Å². The molecule has 0 saturated carbocycles. The second-order valence-corrected chi connectivity index (χ2v) is 5.60. The third-order valence-corrected chi connectivity index (χ3v) is 4.30. The number of amides is 1. The number of rotatable bonds is 5. The van der Waals surface area contributed by atoms with Crippen LogP contribution in [0.1, 0.15) is 28.6 Å². The highest BCUT2D eigenvalue weighted by Gasteiger charge is 2.18. The average Bonchev–Trinajstić information content (AvgIpc) is 2.76. The summed E-state index contributed by atoms with van der Waals surface area (Å²) in [5.41, 5.74) is 0.731. The molecule has 0 atom stereocenters. The monoisotopic (exact) mass is 295 g/mol. The van der Waals surface area contributed by atoms with Gasteiger partial charge in [-0.15, -0.1) is 11.3 Å². The highest BCUT2D eigenvalue weighted by Crippen LogP contribution is 2.32. The van der Waals surface area contributed by atoms with Crippen LogP contribution in [0, 0.1) is 0 Å². The standard InChI is InChI=1S/C14H14ClNO2S/c1-2-7-16-12(17)8-10-9-5-3-4-6-11(9)19-13(10)14(15)18/h3-6H,2,7-8H2,1H3,(H,16,17). The summed E-state index contributed by atoms with van der Waals surface area (Å²) in [6.07, 6.45) is 1.08. The van der Waals surface area contributed by atoms with Gasteiger partial charge in [0, 0.05) is 11.2 Å². The molecule has 1 aromatic carbocycles. The molecule has 19 heavy (non-hydrogen) atoms. The Balaban J connectivity index is 2.36. The lowest BCUT2D eigenvalue weighted by Gasteiger charge is -2.04. The molecule has 1 aromatic heterocycles. The Bertz CT molecular complexity index is 621. The largest absolute Gasteiger partial charge is 0.356 e. The predicted octanol–water partition coefficient (Wildman–Crippen LogP) is 3.35. The van der Waals surface area contributed by atoms with Crippen molar-refractivity contribution in [2.75, 3.05) is 6.54 Å². The van der Waals surface area contributed by atoms with E-state index in [9.17, 15) is 9.59 Å². The van der Waals surface area contributed by atoms with E-state index < -0.39 is 5.24 Å². The van der Waals surface area contributed by atoms with Crippen LogP contribution in [-0.2, 0) is 11.2 Å². The maximum absolute atomic E-state index is 11.8. The highest BCUT2D eigenvalue weighted by molar-refractivity contribution is 7.22. The molecule has 2 aromatic rings. The zero-order valence-corrected chi connectivity index (χ0v) is 12.1. The molecular weight excluding hydrogens is 282 g/mol. The normalized spacial score (nSPS) is 10.6. The number of nitrogens with one attached hydrogen (secondary N) is 1. The summed E-state index contributed by atoms with van der Waals surface area (Å²) in [4.78, 5) is 23.8. The first kappa shape index (κ1) is 14.0. The summed E-state index contributed by atoms with van der Waals surface area (Å²) in [6.45, 7) is 2.64. The van der Waals surface area contributed by atoms with Crippen LogP contribution in [0.5, 0.6) is 0 Å². The molecule has 100 valence electrons. The molecule has 1 amide bonds. The Morgan fingerprint density at radius 3 is 2.74 bits per heavy atom. The van der Waals surface area contributed by atoms with Gasteiger partial charge in [-0.25, -0.2) is 0 Å². The highest BCUT2D eigenvalue weighted by atomic mass is 35.5. The van der Waals surface area contributed by atoms with Crippen molar-refractivity contribution >= 4 is 44.2 Å². The Morgan fingerprint density at radius 1 is 1.32 bits per heavy atom. The van der Waals surface area contributed by atoms with Crippen LogP contribution in [0.25, 0.3) is 10.1 Å². The summed E-state index contributed by atoms with van der Waals surface area (Å²) in [5, 5.41) is 3.25. The van der Waals surface area contributed by atoms with Crippen molar-refractivity contribution < 1.29 is 9.59 Å². The number of halogens is 1.